The van der Waals surface area contributed by atoms with E-state index in [2.05, 4.69) is 110 Å². The van der Waals surface area contributed by atoms with E-state index in [0.717, 1.165) is 0 Å². The lowest BCUT2D eigenvalue weighted by Crippen LogP contribution is -2.67. The van der Waals surface area contributed by atoms with Gasteiger partial charge in [-0.25, -0.2) is 15.0 Å². The zero-order chi connectivity index (χ0) is 31.5. The molecule has 44 heavy (non-hydrogen) atoms. The minimum atomic E-state index is -2.83. The SMILES string of the molecule is COCOC1[C@@H](CO[Si](c2ccccc2)(c2ccccc2)C(C)(C)C)[C@H](C)[C@@H](n2cnc3c(N)ncnc32)[C@]1(C)OCOC. The highest BCUT2D eigenvalue weighted by molar-refractivity contribution is 6.99. The smallest absolute Gasteiger partial charge is 0.261 e. The van der Waals surface area contributed by atoms with Crippen LogP contribution >= 0.6 is 0 Å². The minimum Gasteiger partial charge on any atom is -0.407 e. The number of imidazole rings is 1. The van der Waals surface area contributed by atoms with Crippen molar-refractivity contribution < 1.29 is 23.4 Å². The monoisotopic (exact) mass is 619 g/mol. The van der Waals surface area contributed by atoms with Crippen molar-refractivity contribution in [3.63, 3.8) is 0 Å². The molecular formula is C33H45N5O5Si. The fourth-order valence-electron chi connectivity index (χ4n) is 7.23. The van der Waals surface area contributed by atoms with E-state index < -0.39 is 20.0 Å². The topological polar surface area (TPSA) is 116 Å². The van der Waals surface area contributed by atoms with Crippen LogP contribution in [-0.4, -0.2) is 74.0 Å². The van der Waals surface area contributed by atoms with Gasteiger partial charge in [-0.2, -0.15) is 0 Å². The predicted molar refractivity (Wildman–Crippen MR) is 173 cm³/mol. The third kappa shape index (κ3) is 5.57. The molecule has 5 rings (SSSR count). The van der Waals surface area contributed by atoms with E-state index in [-0.39, 0.29) is 36.5 Å². The van der Waals surface area contributed by atoms with Crippen LogP contribution in [0.5, 0.6) is 0 Å². The highest BCUT2D eigenvalue weighted by atomic mass is 28.4. The Hall–Kier alpha value is -3.19. The number of nitrogens with two attached hydrogens (primary N) is 1. The number of aromatic nitrogens is 4. The predicted octanol–water partition coefficient (Wildman–Crippen LogP) is 4.16. The van der Waals surface area contributed by atoms with Gasteiger partial charge in [-0.05, 0) is 28.3 Å². The summed E-state index contributed by atoms with van der Waals surface area (Å²) in [5.74, 6) is 0.249. The summed E-state index contributed by atoms with van der Waals surface area (Å²) in [5.41, 5.74) is 6.51. The van der Waals surface area contributed by atoms with Gasteiger partial charge in [-0.15, -0.1) is 0 Å². The second-order valence-corrected chi connectivity index (χ2v) is 17.1. The molecule has 1 unspecified atom stereocenters. The van der Waals surface area contributed by atoms with E-state index >= 15 is 0 Å². The Bertz CT molecular complexity index is 1480. The first-order chi connectivity index (χ1) is 21.1. The molecule has 1 fully saturated rings. The molecule has 11 heteroatoms. The van der Waals surface area contributed by atoms with Crippen LogP contribution in [0, 0.1) is 11.8 Å². The summed E-state index contributed by atoms with van der Waals surface area (Å²) in [5, 5.41) is 2.27. The van der Waals surface area contributed by atoms with Gasteiger partial charge in [-0.1, -0.05) is 88.4 Å². The van der Waals surface area contributed by atoms with E-state index in [1.807, 2.05) is 4.57 Å². The van der Waals surface area contributed by atoms with Crippen LogP contribution in [0.15, 0.2) is 73.3 Å². The zero-order valence-electron chi connectivity index (χ0n) is 26.8. The van der Waals surface area contributed by atoms with E-state index in [4.69, 9.17) is 29.1 Å². The lowest BCUT2D eigenvalue weighted by Gasteiger charge is -2.44. The number of hydrogen-bond acceptors (Lipinski definition) is 9. The molecule has 10 nitrogen and oxygen atoms in total. The highest BCUT2D eigenvalue weighted by Crippen LogP contribution is 2.52. The number of ether oxygens (including phenoxy) is 4. The van der Waals surface area contributed by atoms with Crippen LogP contribution in [0.25, 0.3) is 11.2 Å². The Morgan fingerprint density at radius 3 is 2.09 bits per heavy atom. The fourth-order valence-corrected chi connectivity index (χ4v) is 11.8. The summed E-state index contributed by atoms with van der Waals surface area (Å²) in [7, 11) is 0.415. The quantitative estimate of drug-likeness (QED) is 0.184. The zero-order valence-corrected chi connectivity index (χ0v) is 27.8. The second kappa shape index (κ2) is 13.0. The van der Waals surface area contributed by atoms with Crippen LogP contribution in [0.2, 0.25) is 5.04 Å². The Morgan fingerprint density at radius 1 is 0.909 bits per heavy atom. The van der Waals surface area contributed by atoms with Crippen LogP contribution in [0.4, 0.5) is 5.82 Å². The van der Waals surface area contributed by atoms with Gasteiger partial charge < -0.3 is 33.7 Å². The number of hydrogen-bond donors (Lipinski definition) is 1. The Morgan fingerprint density at radius 2 is 1.52 bits per heavy atom. The van der Waals surface area contributed by atoms with E-state index in [1.165, 1.54) is 16.7 Å². The van der Waals surface area contributed by atoms with Crippen molar-refractivity contribution >= 4 is 35.7 Å². The maximum absolute atomic E-state index is 7.46. The van der Waals surface area contributed by atoms with Crippen LogP contribution in [0.3, 0.4) is 0 Å². The van der Waals surface area contributed by atoms with Gasteiger partial charge >= 0.3 is 0 Å². The Balaban J connectivity index is 1.63. The van der Waals surface area contributed by atoms with E-state index in [0.29, 0.717) is 23.6 Å². The molecule has 0 bridgehead atoms. The summed E-state index contributed by atoms with van der Waals surface area (Å²) in [6, 6.07) is 21.1. The van der Waals surface area contributed by atoms with Gasteiger partial charge in [0.1, 0.15) is 31.0 Å². The number of benzene rings is 2. The molecule has 0 spiro atoms. The first-order valence-corrected chi connectivity index (χ1v) is 16.9. The summed E-state index contributed by atoms with van der Waals surface area (Å²) >= 11 is 0. The minimum absolute atomic E-state index is 0.00511. The summed E-state index contributed by atoms with van der Waals surface area (Å²) in [4.78, 5) is 13.3. The van der Waals surface area contributed by atoms with Crippen LogP contribution in [0.1, 0.15) is 40.7 Å². The van der Waals surface area contributed by atoms with Crippen LogP contribution < -0.4 is 16.1 Å². The number of anilines is 1. The highest BCUT2D eigenvalue weighted by Gasteiger charge is 2.61. The molecule has 236 valence electrons. The molecule has 0 amide bonds. The molecular weight excluding hydrogens is 574 g/mol. The van der Waals surface area contributed by atoms with Gasteiger partial charge in [0, 0.05) is 26.7 Å². The summed E-state index contributed by atoms with van der Waals surface area (Å²) in [6.07, 6.45) is 2.82. The van der Waals surface area contributed by atoms with Gasteiger partial charge in [-0.3, -0.25) is 0 Å². The number of nitrogen functional groups attached to an aromatic ring is 1. The maximum Gasteiger partial charge on any atom is 0.261 e. The number of nitrogens with zero attached hydrogens (tertiary/aromatic N) is 4. The Kier molecular flexibility index (Phi) is 9.54. The summed E-state index contributed by atoms with van der Waals surface area (Å²) < 4.78 is 33.5. The molecule has 0 aliphatic heterocycles. The van der Waals surface area contributed by atoms with Crippen molar-refractivity contribution in [1.29, 1.82) is 0 Å². The molecule has 2 aromatic heterocycles. The van der Waals surface area contributed by atoms with Crippen LogP contribution in [-0.2, 0) is 23.4 Å². The van der Waals surface area contributed by atoms with Crippen molar-refractivity contribution in [2.24, 2.45) is 11.8 Å². The molecule has 2 aromatic carbocycles. The lowest BCUT2D eigenvalue weighted by atomic mass is 9.94. The average molecular weight is 620 g/mol. The number of fused-ring (bicyclic) bond motifs is 1. The molecule has 0 radical (unpaired) electrons. The van der Waals surface area contributed by atoms with Gasteiger partial charge in [0.25, 0.3) is 8.32 Å². The molecule has 2 N–H and O–H groups in total. The largest absolute Gasteiger partial charge is 0.407 e. The summed E-state index contributed by atoms with van der Waals surface area (Å²) in [6.45, 7) is 11.8. The standard InChI is InChI=1S/C33H45N5O5Si/c1-23-26(18-43-44(32(2,3)4,24-14-10-8-11-15-24)25-16-12-9-13-17-25)29(41-21-39-6)33(5,42-22-40-7)28(23)38-20-37-27-30(34)35-19-36-31(27)38/h8-17,19-20,23,26,28-29H,18,21-22H2,1-7H3,(H2,34,35,36)/t23-,26-,28+,29?,33-/m0/s1. The second-order valence-electron chi connectivity index (χ2n) is 12.8. The van der Waals surface area contributed by atoms with Crippen molar-refractivity contribution in [2.45, 2.75) is 57.4 Å². The third-order valence-electron chi connectivity index (χ3n) is 9.16. The molecule has 0 saturated heterocycles. The molecule has 1 aliphatic carbocycles. The molecule has 2 heterocycles. The van der Waals surface area contributed by atoms with Crippen molar-refractivity contribution in [3.05, 3.63) is 73.3 Å². The number of methoxy groups -OCH3 is 2. The molecule has 4 aromatic rings. The molecule has 5 atom stereocenters. The van der Waals surface area contributed by atoms with E-state index in [9.17, 15) is 0 Å². The molecule has 1 saturated carbocycles. The molecule has 1 aliphatic rings. The van der Waals surface area contributed by atoms with E-state index in [1.54, 1.807) is 20.5 Å². The first-order valence-electron chi connectivity index (χ1n) is 15.0. The fraction of sp³-hybridized carbons (Fsp3) is 0.485. The third-order valence-corrected chi connectivity index (χ3v) is 14.2. The van der Waals surface area contributed by atoms with Crippen molar-refractivity contribution in [2.75, 3.05) is 40.1 Å². The number of rotatable bonds is 12. The maximum atomic E-state index is 7.46. The lowest BCUT2D eigenvalue weighted by molar-refractivity contribution is -0.209. The average Bonchev–Trinajstić information content (AvgIpc) is 3.52. The van der Waals surface area contributed by atoms with Gasteiger partial charge in [0.15, 0.2) is 11.5 Å². The van der Waals surface area contributed by atoms with Crippen molar-refractivity contribution in [1.82, 2.24) is 19.5 Å². The van der Waals surface area contributed by atoms with Gasteiger partial charge in [0.2, 0.25) is 0 Å². The van der Waals surface area contributed by atoms with Gasteiger partial charge in [0.05, 0.1) is 18.5 Å². The Labute approximate surface area is 261 Å². The first kappa shape index (κ1) is 32.2. The normalized spacial score (nSPS) is 24.2. The van der Waals surface area contributed by atoms with Crippen molar-refractivity contribution in [3.8, 4) is 0 Å².